The van der Waals surface area contributed by atoms with E-state index in [1.54, 1.807) is 18.2 Å². The van der Waals surface area contributed by atoms with Gasteiger partial charge in [-0.3, -0.25) is 9.89 Å². The monoisotopic (exact) mass is 386 g/mol. The van der Waals surface area contributed by atoms with Crippen molar-refractivity contribution < 1.29 is 19.7 Å². The number of carboxylic acid groups (broad SMARTS) is 1. The van der Waals surface area contributed by atoms with Crippen LogP contribution in [0.5, 0.6) is 11.5 Å². The number of methoxy groups -OCH3 is 1. The molecule has 0 amide bonds. The lowest BCUT2D eigenvalue weighted by molar-refractivity contribution is 0.0697. The number of aromatic hydroxyl groups is 1. The van der Waals surface area contributed by atoms with Crippen LogP contribution >= 0.6 is 11.6 Å². The molecule has 0 bridgehead atoms. The number of aromatic amines is 1. The number of benzene rings is 2. The molecule has 3 N–H and O–H groups in total. The van der Waals surface area contributed by atoms with E-state index in [0.717, 1.165) is 0 Å². The molecule has 3 aromatic rings. The van der Waals surface area contributed by atoms with E-state index in [-0.39, 0.29) is 27.3 Å². The van der Waals surface area contributed by atoms with Gasteiger partial charge in [-0.05, 0) is 42.0 Å². The summed E-state index contributed by atoms with van der Waals surface area (Å²) in [5.74, 6) is -1.11. The van der Waals surface area contributed by atoms with Crippen molar-refractivity contribution in [1.82, 2.24) is 9.78 Å². The number of carboxylic acids is 1. The van der Waals surface area contributed by atoms with Crippen molar-refractivity contribution in [3.05, 3.63) is 73.5 Å². The first-order valence-corrected chi connectivity index (χ1v) is 8.11. The zero-order chi connectivity index (χ0) is 19.7. The van der Waals surface area contributed by atoms with Gasteiger partial charge in [-0.1, -0.05) is 24.2 Å². The van der Waals surface area contributed by atoms with Gasteiger partial charge in [0.25, 0.3) is 5.56 Å². The van der Waals surface area contributed by atoms with E-state index < -0.39 is 11.5 Å². The van der Waals surface area contributed by atoms with E-state index in [4.69, 9.17) is 21.4 Å². The average Bonchev–Trinajstić information content (AvgIpc) is 2.92. The number of phenols is 1. The highest BCUT2D eigenvalue weighted by Crippen LogP contribution is 2.34. The van der Waals surface area contributed by atoms with E-state index >= 15 is 0 Å². The van der Waals surface area contributed by atoms with Crippen molar-refractivity contribution in [2.75, 3.05) is 7.11 Å². The first-order valence-electron chi connectivity index (χ1n) is 7.73. The highest BCUT2D eigenvalue weighted by molar-refractivity contribution is 6.32. The minimum atomic E-state index is -1.09. The zero-order valence-corrected chi connectivity index (χ0v) is 14.9. The standard InChI is InChI=1S/C19H15ClN2O5/c1-10-14(6-11-7-15(20)17(23)16(8-11)27-2)18(24)22(21-10)13-5-3-4-12(9-13)19(25)26/h3-9,21,23H,1H2,2H3,(H,25,26)/b14-6-. The number of nitrogens with zero attached hydrogens (tertiary/aromatic N) is 1. The molecule has 0 aliphatic carbocycles. The Kier molecular flexibility index (Phi) is 4.79. The minimum absolute atomic E-state index is 0.0557. The Labute approximate surface area is 158 Å². The molecule has 0 saturated carbocycles. The smallest absolute Gasteiger partial charge is 0.335 e. The van der Waals surface area contributed by atoms with Crippen LogP contribution in [0.4, 0.5) is 0 Å². The van der Waals surface area contributed by atoms with Gasteiger partial charge >= 0.3 is 5.97 Å². The fourth-order valence-electron chi connectivity index (χ4n) is 2.60. The summed E-state index contributed by atoms with van der Waals surface area (Å²) >= 11 is 5.98. The lowest BCUT2D eigenvalue weighted by Crippen LogP contribution is -2.34. The first-order chi connectivity index (χ1) is 12.8. The number of aromatic carboxylic acids is 1. The second-order valence-corrected chi connectivity index (χ2v) is 6.11. The van der Waals surface area contributed by atoms with Crippen LogP contribution in [0.2, 0.25) is 5.02 Å². The van der Waals surface area contributed by atoms with Crippen molar-refractivity contribution in [1.29, 1.82) is 0 Å². The number of H-pyrrole nitrogens is 1. The van der Waals surface area contributed by atoms with E-state index in [9.17, 15) is 14.7 Å². The first kappa shape index (κ1) is 18.3. The largest absolute Gasteiger partial charge is 0.503 e. The Morgan fingerprint density at radius 1 is 1.33 bits per heavy atom. The number of phenolic OH excluding ortho intramolecular Hbond substituents is 1. The third-order valence-corrected chi connectivity index (χ3v) is 4.23. The summed E-state index contributed by atoms with van der Waals surface area (Å²) in [4.78, 5) is 23.9. The van der Waals surface area contributed by atoms with Crippen LogP contribution in [0, 0.1) is 0 Å². The molecule has 1 aromatic heterocycles. The van der Waals surface area contributed by atoms with Crippen LogP contribution in [-0.4, -0.2) is 33.1 Å². The molecular formula is C19H15ClN2O5. The van der Waals surface area contributed by atoms with Gasteiger partial charge in [0.05, 0.1) is 34.0 Å². The Balaban J connectivity index is 2.18. The maximum absolute atomic E-state index is 12.8. The number of hydrogen-bond acceptors (Lipinski definition) is 4. The molecular weight excluding hydrogens is 372 g/mol. The minimum Gasteiger partial charge on any atom is -0.503 e. The summed E-state index contributed by atoms with van der Waals surface area (Å²) in [6.07, 6.45) is 1.55. The van der Waals surface area contributed by atoms with Crippen LogP contribution in [0.15, 0.2) is 41.2 Å². The highest BCUT2D eigenvalue weighted by atomic mass is 35.5. The summed E-state index contributed by atoms with van der Waals surface area (Å²) in [5, 5.41) is 22.4. The molecule has 138 valence electrons. The summed E-state index contributed by atoms with van der Waals surface area (Å²) in [6, 6.07) is 8.98. The number of aromatic nitrogens is 2. The molecule has 0 radical (unpaired) electrons. The predicted molar refractivity (Wildman–Crippen MR) is 101 cm³/mol. The van der Waals surface area contributed by atoms with Crippen LogP contribution in [0.3, 0.4) is 0 Å². The Bertz CT molecular complexity index is 1210. The molecule has 0 fully saturated rings. The van der Waals surface area contributed by atoms with Crippen LogP contribution in [0.25, 0.3) is 18.3 Å². The van der Waals surface area contributed by atoms with E-state index in [0.29, 0.717) is 16.6 Å². The van der Waals surface area contributed by atoms with Crippen molar-refractivity contribution in [3.8, 4) is 17.2 Å². The molecule has 8 heteroatoms. The number of rotatable bonds is 4. The molecule has 1 heterocycles. The van der Waals surface area contributed by atoms with Gasteiger partial charge < -0.3 is 14.9 Å². The molecule has 27 heavy (non-hydrogen) atoms. The summed E-state index contributed by atoms with van der Waals surface area (Å²) in [6.45, 7) is 3.83. The van der Waals surface area contributed by atoms with Gasteiger partial charge in [0.2, 0.25) is 0 Å². The fraction of sp³-hybridized carbons (Fsp3) is 0.0526. The quantitative estimate of drug-likeness (QED) is 0.630. The topological polar surface area (TPSA) is 105 Å². The molecule has 0 saturated heterocycles. The predicted octanol–water partition coefficient (Wildman–Crippen LogP) is 1.47. The number of ether oxygens (including phenoxy) is 1. The number of halogens is 1. The third kappa shape index (κ3) is 3.45. The van der Waals surface area contributed by atoms with Gasteiger partial charge in [-0.25, -0.2) is 9.48 Å². The number of hydrogen-bond donors (Lipinski definition) is 3. The van der Waals surface area contributed by atoms with Gasteiger partial charge in [-0.15, -0.1) is 0 Å². The van der Waals surface area contributed by atoms with Crippen LogP contribution in [-0.2, 0) is 0 Å². The maximum Gasteiger partial charge on any atom is 0.335 e. The molecule has 0 unspecified atom stereocenters. The summed E-state index contributed by atoms with van der Waals surface area (Å²) in [5.41, 5.74) is 0.541. The second kappa shape index (κ2) is 7.05. The number of carbonyl (C=O) groups is 1. The second-order valence-electron chi connectivity index (χ2n) is 5.70. The van der Waals surface area contributed by atoms with E-state index in [1.165, 1.54) is 36.1 Å². The van der Waals surface area contributed by atoms with Crippen molar-refractivity contribution in [2.24, 2.45) is 0 Å². The zero-order valence-electron chi connectivity index (χ0n) is 14.2. The molecule has 7 nitrogen and oxygen atoms in total. The lowest BCUT2D eigenvalue weighted by atomic mass is 10.1. The van der Waals surface area contributed by atoms with Gasteiger partial charge in [0.1, 0.15) is 0 Å². The summed E-state index contributed by atoms with van der Waals surface area (Å²) < 4.78 is 6.27. The summed E-state index contributed by atoms with van der Waals surface area (Å²) in [7, 11) is 1.39. The molecule has 3 rings (SSSR count). The number of nitrogens with one attached hydrogen (secondary N) is 1. The highest BCUT2D eigenvalue weighted by Gasteiger charge is 2.10. The lowest BCUT2D eigenvalue weighted by Gasteiger charge is -2.05. The Morgan fingerprint density at radius 3 is 2.74 bits per heavy atom. The molecule has 0 spiro atoms. The van der Waals surface area contributed by atoms with Crippen LogP contribution in [0.1, 0.15) is 15.9 Å². The molecule has 0 aliphatic heterocycles. The van der Waals surface area contributed by atoms with Gasteiger partial charge in [0.15, 0.2) is 11.5 Å². The Morgan fingerprint density at radius 2 is 2.07 bits per heavy atom. The van der Waals surface area contributed by atoms with Crippen LogP contribution < -0.4 is 20.9 Å². The molecule has 0 aliphatic rings. The average molecular weight is 387 g/mol. The van der Waals surface area contributed by atoms with Crippen molar-refractivity contribution in [3.63, 3.8) is 0 Å². The van der Waals surface area contributed by atoms with E-state index in [2.05, 4.69) is 11.7 Å². The molecule has 0 atom stereocenters. The third-order valence-electron chi connectivity index (χ3n) is 3.94. The van der Waals surface area contributed by atoms with Crippen molar-refractivity contribution >= 4 is 30.2 Å². The van der Waals surface area contributed by atoms with Crippen molar-refractivity contribution in [2.45, 2.75) is 0 Å². The SMILES string of the molecule is C=c1[nH]n(-c2cccc(C(=O)O)c2)c(=O)/c1=C\c1cc(Cl)c(O)c(OC)c1. The van der Waals surface area contributed by atoms with Gasteiger partial charge in [-0.2, -0.15) is 0 Å². The normalized spacial score (nSPS) is 11.6. The van der Waals surface area contributed by atoms with Gasteiger partial charge in [0, 0.05) is 0 Å². The van der Waals surface area contributed by atoms with E-state index in [1.807, 2.05) is 0 Å². The molecule has 2 aromatic carbocycles. The fourth-order valence-corrected chi connectivity index (χ4v) is 2.82. The Hall–Kier alpha value is -3.45. The maximum atomic E-state index is 12.8.